The molecule has 8 heteroatoms. The Balaban J connectivity index is 1.28. The van der Waals surface area contributed by atoms with Gasteiger partial charge in [0.25, 0.3) is 0 Å². The van der Waals surface area contributed by atoms with Crippen LogP contribution in [0.4, 0.5) is 4.79 Å². The lowest BCUT2D eigenvalue weighted by Crippen LogP contribution is -2.41. The molecule has 3 aromatic carbocycles. The number of aromatic nitrogens is 2. The molecule has 1 aromatic heterocycles. The molecule has 3 heterocycles. The van der Waals surface area contributed by atoms with Crippen molar-refractivity contribution in [2.24, 2.45) is 0 Å². The van der Waals surface area contributed by atoms with Gasteiger partial charge in [-0.05, 0) is 88.7 Å². The van der Waals surface area contributed by atoms with E-state index in [1.807, 2.05) is 27.0 Å². The highest BCUT2D eigenvalue weighted by atomic mass is 16.7. The normalized spacial score (nSPS) is 19.9. The standard InChI is InChI=1S/C34H40BN3O4/c1-32(2,3)40-31(39)38-20-10-13-29(38)30-36-21-28(37-30)27-19-18-24(25-11-8-9-12-26(25)27)22-14-16-23(17-15-22)35-41-33(4,5)34(6,7)42-35/h8-9,11-12,14-19,21,29H,10,13,20H2,1-7H3,(H,36,37)/t29-/m0/s1. The number of aromatic amines is 1. The number of hydrogen-bond acceptors (Lipinski definition) is 5. The van der Waals surface area contributed by atoms with Crippen molar-refractivity contribution in [1.29, 1.82) is 0 Å². The lowest BCUT2D eigenvalue weighted by Gasteiger charge is -2.32. The van der Waals surface area contributed by atoms with Crippen LogP contribution in [0.5, 0.6) is 0 Å². The molecular weight excluding hydrogens is 525 g/mol. The maximum atomic E-state index is 12.9. The summed E-state index contributed by atoms with van der Waals surface area (Å²) in [5.74, 6) is 0.791. The molecule has 1 amide bonds. The molecule has 7 nitrogen and oxygen atoms in total. The van der Waals surface area contributed by atoms with Crippen molar-refractivity contribution in [3.05, 3.63) is 72.7 Å². The van der Waals surface area contributed by atoms with Gasteiger partial charge in [-0.25, -0.2) is 9.78 Å². The summed E-state index contributed by atoms with van der Waals surface area (Å²) >= 11 is 0. The Morgan fingerprint density at radius 3 is 2.21 bits per heavy atom. The summed E-state index contributed by atoms with van der Waals surface area (Å²) in [5, 5.41) is 2.28. The van der Waals surface area contributed by atoms with E-state index in [-0.39, 0.29) is 30.5 Å². The summed E-state index contributed by atoms with van der Waals surface area (Å²) in [6, 6.07) is 21.1. The Kier molecular flexibility index (Phi) is 6.98. The Bertz CT molecular complexity index is 1600. The highest BCUT2D eigenvalue weighted by Gasteiger charge is 2.51. The highest BCUT2D eigenvalue weighted by molar-refractivity contribution is 6.62. The van der Waals surface area contributed by atoms with Crippen LogP contribution in [0.1, 0.15) is 73.2 Å². The first-order valence-electron chi connectivity index (χ1n) is 14.9. The fourth-order valence-corrected chi connectivity index (χ4v) is 5.81. The van der Waals surface area contributed by atoms with Crippen LogP contribution in [0.25, 0.3) is 33.2 Å². The van der Waals surface area contributed by atoms with E-state index in [9.17, 15) is 4.79 Å². The van der Waals surface area contributed by atoms with Crippen LogP contribution in [-0.2, 0) is 14.0 Å². The summed E-state index contributed by atoms with van der Waals surface area (Å²) in [7, 11) is -0.386. The fourth-order valence-electron chi connectivity index (χ4n) is 5.81. The quantitative estimate of drug-likeness (QED) is 0.264. The molecule has 1 atom stereocenters. The van der Waals surface area contributed by atoms with Crippen molar-refractivity contribution >= 4 is 29.4 Å². The molecule has 0 radical (unpaired) electrons. The number of nitrogens with one attached hydrogen (secondary N) is 1. The van der Waals surface area contributed by atoms with Gasteiger partial charge in [-0.15, -0.1) is 0 Å². The zero-order valence-electron chi connectivity index (χ0n) is 25.7. The zero-order valence-corrected chi connectivity index (χ0v) is 25.7. The number of rotatable bonds is 4. The number of likely N-dealkylation sites (tertiary alicyclic amines) is 1. The first kappa shape index (κ1) is 28.5. The molecule has 218 valence electrons. The molecule has 1 N–H and O–H groups in total. The van der Waals surface area contributed by atoms with Gasteiger partial charge in [0.05, 0.1) is 22.9 Å². The molecule has 0 bridgehead atoms. The van der Waals surface area contributed by atoms with Crippen molar-refractivity contribution in [1.82, 2.24) is 14.9 Å². The van der Waals surface area contributed by atoms with Crippen molar-refractivity contribution < 1.29 is 18.8 Å². The van der Waals surface area contributed by atoms with Crippen LogP contribution in [0.15, 0.2) is 66.9 Å². The number of nitrogens with zero attached hydrogens (tertiary/aromatic N) is 2. The van der Waals surface area contributed by atoms with Crippen LogP contribution in [0, 0.1) is 0 Å². The molecular formula is C34H40BN3O4. The van der Waals surface area contributed by atoms with Crippen LogP contribution < -0.4 is 5.46 Å². The number of benzene rings is 3. The third-order valence-electron chi connectivity index (χ3n) is 8.74. The van der Waals surface area contributed by atoms with E-state index in [1.165, 1.54) is 0 Å². The first-order valence-corrected chi connectivity index (χ1v) is 14.9. The van der Waals surface area contributed by atoms with Gasteiger partial charge < -0.3 is 19.0 Å². The second kappa shape index (κ2) is 10.3. The number of H-pyrrole nitrogens is 1. The molecule has 0 aliphatic carbocycles. The minimum Gasteiger partial charge on any atom is -0.444 e. The van der Waals surface area contributed by atoms with Gasteiger partial charge in [-0.2, -0.15) is 0 Å². The minimum absolute atomic E-state index is 0.123. The van der Waals surface area contributed by atoms with Crippen LogP contribution in [-0.4, -0.2) is 51.4 Å². The molecule has 4 aromatic rings. The van der Waals surface area contributed by atoms with E-state index in [0.717, 1.165) is 57.3 Å². The smallest absolute Gasteiger partial charge is 0.444 e. The minimum atomic E-state index is -0.536. The van der Waals surface area contributed by atoms with E-state index in [4.69, 9.17) is 19.0 Å². The largest absolute Gasteiger partial charge is 0.494 e. The second-order valence-corrected chi connectivity index (χ2v) is 13.4. The molecule has 0 saturated carbocycles. The number of amides is 1. The van der Waals surface area contributed by atoms with E-state index in [2.05, 4.69) is 93.3 Å². The second-order valence-electron chi connectivity index (χ2n) is 13.4. The van der Waals surface area contributed by atoms with Crippen LogP contribution >= 0.6 is 0 Å². The van der Waals surface area contributed by atoms with Crippen molar-refractivity contribution in [2.75, 3.05) is 6.54 Å². The molecule has 0 spiro atoms. The molecule has 2 saturated heterocycles. The molecule has 2 aliphatic rings. The third kappa shape index (κ3) is 5.22. The van der Waals surface area contributed by atoms with Gasteiger partial charge in [-0.3, -0.25) is 4.90 Å². The Labute approximate surface area is 248 Å². The average molecular weight is 566 g/mol. The van der Waals surface area contributed by atoms with Crippen molar-refractivity contribution in [3.63, 3.8) is 0 Å². The van der Waals surface area contributed by atoms with Gasteiger partial charge >= 0.3 is 13.2 Å². The fraction of sp³-hybridized carbons (Fsp3) is 0.412. The number of carbonyl (C=O) groups excluding carboxylic acids is 1. The SMILES string of the molecule is CC(C)(C)OC(=O)N1CCC[C@H]1c1nc(-c2ccc(-c3ccc(B4OC(C)(C)C(C)(C)O4)cc3)c3ccccc23)c[nH]1. The van der Waals surface area contributed by atoms with Crippen LogP contribution in [0.3, 0.4) is 0 Å². The summed E-state index contributed by atoms with van der Waals surface area (Å²) in [6.45, 7) is 14.6. The lowest BCUT2D eigenvalue weighted by atomic mass is 9.78. The summed E-state index contributed by atoms with van der Waals surface area (Å²) in [6.07, 6.45) is 3.43. The monoisotopic (exact) mass is 565 g/mol. The van der Waals surface area contributed by atoms with Gasteiger partial charge in [0.1, 0.15) is 11.4 Å². The number of fused-ring (bicyclic) bond motifs is 1. The van der Waals surface area contributed by atoms with Gasteiger partial charge in [-0.1, -0.05) is 60.7 Å². The van der Waals surface area contributed by atoms with E-state index in [1.54, 1.807) is 4.90 Å². The van der Waals surface area contributed by atoms with Gasteiger partial charge in [0.2, 0.25) is 0 Å². The highest BCUT2D eigenvalue weighted by Crippen LogP contribution is 2.39. The number of carbonyl (C=O) groups is 1. The van der Waals surface area contributed by atoms with Crippen LogP contribution in [0.2, 0.25) is 0 Å². The lowest BCUT2D eigenvalue weighted by molar-refractivity contribution is 0.00578. The average Bonchev–Trinajstić information content (AvgIpc) is 3.65. The number of hydrogen-bond donors (Lipinski definition) is 1. The van der Waals surface area contributed by atoms with E-state index < -0.39 is 5.60 Å². The van der Waals surface area contributed by atoms with Crippen molar-refractivity contribution in [3.8, 4) is 22.4 Å². The maximum Gasteiger partial charge on any atom is 0.494 e. The number of ether oxygens (including phenoxy) is 1. The van der Waals surface area contributed by atoms with Gasteiger partial charge in [0, 0.05) is 18.3 Å². The summed E-state index contributed by atoms with van der Waals surface area (Å²) in [5.41, 5.74) is 3.91. The zero-order chi connectivity index (χ0) is 29.9. The third-order valence-corrected chi connectivity index (χ3v) is 8.74. The van der Waals surface area contributed by atoms with Crippen molar-refractivity contribution in [2.45, 2.75) is 84.2 Å². The summed E-state index contributed by atoms with van der Waals surface area (Å²) in [4.78, 5) is 23.0. The Morgan fingerprint density at radius 2 is 1.57 bits per heavy atom. The molecule has 2 aliphatic heterocycles. The molecule has 2 fully saturated rings. The molecule has 6 rings (SSSR count). The Hall–Kier alpha value is -3.62. The topological polar surface area (TPSA) is 76.7 Å². The van der Waals surface area contributed by atoms with E-state index >= 15 is 0 Å². The molecule has 42 heavy (non-hydrogen) atoms. The molecule has 0 unspecified atom stereocenters. The van der Waals surface area contributed by atoms with E-state index in [0.29, 0.717) is 6.54 Å². The maximum absolute atomic E-state index is 12.9. The predicted octanol–water partition coefficient (Wildman–Crippen LogP) is 7.27. The van der Waals surface area contributed by atoms with Gasteiger partial charge in [0.15, 0.2) is 0 Å². The summed E-state index contributed by atoms with van der Waals surface area (Å²) < 4.78 is 18.2. The predicted molar refractivity (Wildman–Crippen MR) is 168 cm³/mol. The Morgan fingerprint density at radius 1 is 0.952 bits per heavy atom. The number of imidazole rings is 1. The first-order chi connectivity index (χ1) is 19.8.